The van der Waals surface area contributed by atoms with E-state index < -0.39 is 0 Å². The van der Waals surface area contributed by atoms with Crippen molar-refractivity contribution in [3.05, 3.63) is 0 Å². The lowest BCUT2D eigenvalue weighted by Gasteiger charge is -2.16. The maximum absolute atomic E-state index is 11.3. The van der Waals surface area contributed by atoms with Gasteiger partial charge in [-0.3, -0.25) is 4.79 Å². The number of carbonyl (C=O) groups is 1. The predicted octanol–water partition coefficient (Wildman–Crippen LogP) is 3.18. The summed E-state index contributed by atoms with van der Waals surface area (Å²) in [6, 6.07) is 0. The van der Waals surface area contributed by atoms with E-state index in [1.807, 2.05) is 20.8 Å². The molecule has 13 heavy (non-hydrogen) atoms. The zero-order valence-corrected chi connectivity index (χ0v) is 11.1. The first kappa shape index (κ1) is 13.2. The van der Waals surface area contributed by atoms with Crippen LogP contribution in [0.3, 0.4) is 0 Å². The molecule has 0 amide bonds. The lowest BCUT2D eigenvalue weighted by molar-refractivity contribution is -0.153. The van der Waals surface area contributed by atoms with E-state index in [0.29, 0.717) is 10.5 Å². The Bertz CT molecular complexity index is 159. The molecule has 0 saturated carbocycles. The third kappa shape index (κ3) is 7.28. The van der Waals surface area contributed by atoms with Crippen molar-refractivity contribution < 1.29 is 9.53 Å². The Balaban J connectivity index is 3.49. The summed E-state index contributed by atoms with van der Waals surface area (Å²) in [5, 5.41) is 0. The Hall–Kier alpha value is 0.200. The first-order valence-electron chi connectivity index (χ1n) is 4.65. The second-order valence-electron chi connectivity index (χ2n) is 4.31. The summed E-state index contributed by atoms with van der Waals surface area (Å²) in [6.45, 7) is 8.33. The average Bonchev–Trinajstić information content (AvgIpc) is 1.95. The van der Waals surface area contributed by atoms with Crippen LogP contribution in [0.2, 0.25) is 0 Å². The predicted molar refractivity (Wildman–Crippen MR) is 63.1 cm³/mol. The van der Waals surface area contributed by atoms with Crippen LogP contribution in [-0.4, -0.2) is 16.5 Å². The SMILES string of the molecule is CC(I)CCCOC(=O)C(C)(C)C. The Morgan fingerprint density at radius 2 is 2.00 bits per heavy atom. The highest BCUT2D eigenvalue weighted by atomic mass is 127. The molecule has 0 aromatic rings. The minimum absolute atomic E-state index is 0.103. The van der Waals surface area contributed by atoms with E-state index in [0.717, 1.165) is 12.8 Å². The zero-order valence-electron chi connectivity index (χ0n) is 8.89. The molecule has 0 aliphatic heterocycles. The molecule has 0 aromatic heterocycles. The largest absolute Gasteiger partial charge is 0.465 e. The lowest BCUT2D eigenvalue weighted by Crippen LogP contribution is -2.23. The summed E-state index contributed by atoms with van der Waals surface area (Å²) in [4.78, 5) is 11.3. The highest BCUT2D eigenvalue weighted by Crippen LogP contribution is 2.15. The van der Waals surface area contributed by atoms with Crippen molar-refractivity contribution >= 4 is 28.6 Å². The lowest BCUT2D eigenvalue weighted by atomic mass is 9.97. The summed E-state index contributed by atoms with van der Waals surface area (Å²) >= 11 is 2.38. The van der Waals surface area contributed by atoms with E-state index >= 15 is 0 Å². The standard InChI is InChI=1S/C10H19IO2/c1-8(11)6-5-7-13-9(12)10(2,3)4/h8H,5-7H2,1-4H3. The van der Waals surface area contributed by atoms with Gasteiger partial charge in [0.2, 0.25) is 0 Å². The van der Waals surface area contributed by atoms with Crippen LogP contribution in [0.4, 0.5) is 0 Å². The van der Waals surface area contributed by atoms with Crippen LogP contribution in [0, 0.1) is 5.41 Å². The Kier molecular flexibility index (Phi) is 5.92. The molecule has 0 bridgehead atoms. The second-order valence-corrected chi connectivity index (χ2v) is 6.44. The van der Waals surface area contributed by atoms with Gasteiger partial charge in [-0.05, 0) is 33.6 Å². The smallest absolute Gasteiger partial charge is 0.311 e. The van der Waals surface area contributed by atoms with Gasteiger partial charge in [0.15, 0.2) is 0 Å². The Morgan fingerprint density at radius 1 is 1.46 bits per heavy atom. The monoisotopic (exact) mass is 298 g/mol. The summed E-state index contributed by atoms with van der Waals surface area (Å²) in [5.41, 5.74) is -0.365. The number of esters is 1. The second kappa shape index (κ2) is 5.83. The summed E-state index contributed by atoms with van der Waals surface area (Å²) in [7, 11) is 0. The van der Waals surface area contributed by atoms with Crippen molar-refractivity contribution in [2.24, 2.45) is 5.41 Å². The molecule has 78 valence electrons. The molecule has 0 heterocycles. The van der Waals surface area contributed by atoms with Crippen LogP contribution >= 0.6 is 22.6 Å². The van der Waals surface area contributed by atoms with Crippen molar-refractivity contribution in [1.29, 1.82) is 0 Å². The van der Waals surface area contributed by atoms with E-state index in [1.165, 1.54) is 0 Å². The molecule has 0 spiro atoms. The van der Waals surface area contributed by atoms with E-state index in [-0.39, 0.29) is 11.4 Å². The van der Waals surface area contributed by atoms with E-state index in [2.05, 4.69) is 29.5 Å². The number of hydrogen-bond donors (Lipinski definition) is 0. The fourth-order valence-electron chi connectivity index (χ4n) is 0.746. The molecule has 0 radical (unpaired) electrons. The van der Waals surface area contributed by atoms with Gasteiger partial charge in [-0.2, -0.15) is 0 Å². The van der Waals surface area contributed by atoms with Gasteiger partial charge in [0, 0.05) is 3.92 Å². The average molecular weight is 298 g/mol. The third-order valence-electron chi connectivity index (χ3n) is 1.59. The fraction of sp³-hybridized carbons (Fsp3) is 0.900. The topological polar surface area (TPSA) is 26.3 Å². The molecule has 0 aliphatic carbocycles. The molecule has 0 aliphatic rings. The van der Waals surface area contributed by atoms with Gasteiger partial charge in [0.25, 0.3) is 0 Å². The highest BCUT2D eigenvalue weighted by Gasteiger charge is 2.22. The zero-order chi connectivity index (χ0) is 10.5. The molecule has 1 unspecified atom stereocenters. The van der Waals surface area contributed by atoms with Gasteiger partial charge in [0.05, 0.1) is 12.0 Å². The summed E-state index contributed by atoms with van der Waals surface area (Å²) in [5.74, 6) is -0.103. The molecular weight excluding hydrogens is 279 g/mol. The Labute approximate surface area is 94.6 Å². The van der Waals surface area contributed by atoms with Crippen molar-refractivity contribution in [2.45, 2.75) is 44.5 Å². The number of ether oxygens (including phenoxy) is 1. The van der Waals surface area contributed by atoms with Gasteiger partial charge in [-0.25, -0.2) is 0 Å². The van der Waals surface area contributed by atoms with Crippen LogP contribution in [0.5, 0.6) is 0 Å². The number of alkyl halides is 1. The maximum Gasteiger partial charge on any atom is 0.311 e. The number of rotatable bonds is 4. The summed E-state index contributed by atoms with van der Waals surface area (Å²) in [6.07, 6.45) is 2.07. The van der Waals surface area contributed by atoms with Crippen molar-refractivity contribution in [3.8, 4) is 0 Å². The third-order valence-corrected chi connectivity index (χ3v) is 2.21. The number of hydrogen-bond acceptors (Lipinski definition) is 2. The fourth-order valence-corrected chi connectivity index (χ4v) is 1.19. The van der Waals surface area contributed by atoms with Crippen LogP contribution in [-0.2, 0) is 9.53 Å². The maximum atomic E-state index is 11.3. The molecule has 0 N–H and O–H groups in total. The molecule has 2 nitrogen and oxygen atoms in total. The van der Waals surface area contributed by atoms with Crippen LogP contribution < -0.4 is 0 Å². The molecule has 3 heteroatoms. The molecule has 0 aromatic carbocycles. The van der Waals surface area contributed by atoms with E-state index in [9.17, 15) is 4.79 Å². The minimum atomic E-state index is -0.365. The first-order chi connectivity index (χ1) is 5.84. The Morgan fingerprint density at radius 3 is 2.38 bits per heavy atom. The van der Waals surface area contributed by atoms with Crippen molar-refractivity contribution in [3.63, 3.8) is 0 Å². The van der Waals surface area contributed by atoms with Crippen LogP contribution in [0.25, 0.3) is 0 Å². The van der Waals surface area contributed by atoms with Gasteiger partial charge in [-0.15, -0.1) is 0 Å². The first-order valence-corrected chi connectivity index (χ1v) is 5.90. The van der Waals surface area contributed by atoms with Gasteiger partial charge < -0.3 is 4.74 Å². The normalized spacial score (nSPS) is 13.9. The van der Waals surface area contributed by atoms with Gasteiger partial charge >= 0.3 is 5.97 Å². The van der Waals surface area contributed by atoms with Crippen LogP contribution in [0.15, 0.2) is 0 Å². The minimum Gasteiger partial charge on any atom is -0.465 e. The number of halogens is 1. The molecule has 0 fully saturated rings. The molecule has 0 saturated heterocycles. The quantitative estimate of drug-likeness (QED) is 0.345. The van der Waals surface area contributed by atoms with Crippen molar-refractivity contribution in [1.82, 2.24) is 0 Å². The summed E-state index contributed by atoms with van der Waals surface area (Å²) < 4.78 is 5.77. The van der Waals surface area contributed by atoms with E-state index in [4.69, 9.17) is 4.74 Å². The van der Waals surface area contributed by atoms with Gasteiger partial charge in [-0.1, -0.05) is 29.5 Å². The van der Waals surface area contributed by atoms with Crippen molar-refractivity contribution in [2.75, 3.05) is 6.61 Å². The van der Waals surface area contributed by atoms with Crippen LogP contribution in [0.1, 0.15) is 40.5 Å². The highest BCUT2D eigenvalue weighted by molar-refractivity contribution is 14.1. The molecule has 1 atom stereocenters. The van der Waals surface area contributed by atoms with E-state index in [1.54, 1.807) is 0 Å². The molecule has 0 rings (SSSR count). The number of carbonyl (C=O) groups excluding carboxylic acids is 1. The van der Waals surface area contributed by atoms with Gasteiger partial charge in [0.1, 0.15) is 0 Å². The molecular formula is C10H19IO2.